The molecular weight excluding hydrogens is 553 g/mol. The predicted molar refractivity (Wildman–Crippen MR) is 146 cm³/mol. The molecule has 0 saturated heterocycles. The van der Waals surface area contributed by atoms with Crippen molar-refractivity contribution in [3.63, 3.8) is 0 Å². The van der Waals surface area contributed by atoms with Gasteiger partial charge in [-0.05, 0) is 49.8 Å². The summed E-state index contributed by atoms with van der Waals surface area (Å²) in [5, 5.41) is 19.3. The molecule has 3 rings (SSSR count). The van der Waals surface area contributed by atoms with Crippen molar-refractivity contribution >= 4 is 58.6 Å². The van der Waals surface area contributed by atoms with Crippen LogP contribution in [-0.2, 0) is 14.3 Å². The molecule has 0 fully saturated rings. The number of esters is 1. The van der Waals surface area contributed by atoms with Crippen LogP contribution in [0.1, 0.15) is 31.0 Å². The first-order chi connectivity index (χ1) is 18.2. The number of nitrogens with zero attached hydrogens (tertiary/aromatic N) is 2. The number of nitrogens with one attached hydrogen (secondary N) is 3. The number of rotatable bonds is 10. The van der Waals surface area contributed by atoms with E-state index < -0.39 is 17.9 Å². The SMILES string of the molecule is CCOC(=O)C1=C(C)NC(=S)N[C@H]1c1ccccc1OCC(=O)NN=Cc1cc(Cl)c(OCC#N)c(Cl)c1. The minimum absolute atomic E-state index is 0.184. The lowest BCUT2D eigenvalue weighted by Gasteiger charge is -2.30. The van der Waals surface area contributed by atoms with E-state index in [1.807, 2.05) is 6.07 Å². The Morgan fingerprint density at radius 2 is 1.95 bits per heavy atom. The van der Waals surface area contributed by atoms with Crippen molar-refractivity contribution in [2.75, 3.05) is 19.8 Å². The largest absolute Gasteiger partial charge is 0.483 e. The Labute approximate surface area is 234 Å². The van der Waals surface area contributed by atoms with E-state index in [4.69, 9.17) is 54.9 Å². The van der Waals surface area contributed by atoms with Gasteiger partial charge in [0.25, 0.3) is 5.91 Å². The zero-order valence-electron chi connectivity index (χ0n) is 20.3. The van der Waals surface area contributed by atoms with Gasteiger partial charge in [0.1, 0.15) is 11.8 Å². The molecule has 198 valence electrons. The number of para-hydroxylation sites is 1. The van der Waals surface area contributed by atoms with Gasteiger partial charge < -0.3 is 24.8 Å². The zero-order chi connectivity index (χ0) is 27.7. The van der Waals surface area contributed by atoms with Gasteiger partial charge in [0.05, 0.1) is 34.5 Å². The molecule has 0 unspecified atom stereocenters. The number of ether oxygens (including phenoxy) is 3. The van der Waals surface area contributed by atoms with E-state index in [1.54, 1.807) is 38.1 Å². The summed E-state index contributed by atoms with van der Waals surface area (Å²) in [7, 11) is 0. The topological polar surface area (TPSA) is 134 Å². The lowest BCUT2D eigenvalue weighted by Crippen LogP contribution is -2.45. The van der Waals surface area contributed by atoms with Crippen LogP contribution in [0.5, 0.6) is 11.5 Å². The van der Waals surface area contributed by atoms with E-state index in [1.165, 1.54) is 18.3 Å². The van der Waals surface area contributed by atoms with E-state index in [2.05, 4.69) is 21.2 Å². The third kappa shape index (κ3) is 7.35. The summed E-state index contributed by atoms with van der Waals surface area (Å²) < 4.78 is 16.2. The second-order valence-electron chi connectivity index (χ2n) is 7.67. The molecule has 2 aromatic rings. The van der Waals surface area contributed by atoms with Crippen LogP contribution in [0.4, 0.5) is 0 Å². The molecule has 0 aromatic heterocycles. The Morgan fingerprint density at radius 1 is 1.24 bits per heavy atom. The summed E-state index contributed by atoms with van der Waals surface area (Å²) >= 11 is 17.6. The highest BCUT2D eigenvalue weighted by Crippen LogP contribution is 2.34. The van der Waals surface area contributed by atoms with E-state index in [0.717, 1.165) is 0 Å². The highest BCUT2D eigenvalue weighted by molar-refractivity contribution is 7.80. The Bertz CT molecular complexity index is 1320. The quantitative estimate of drug-likeness (QED) is 0.167. The van der Waals surface area contributed by atoms with Crippen LogP contribution in [0.2, 0.25) is 10.0 Å². The summed E-state index contributed by atoms with van der Waals surface area (Å²) in [6, 6.07) is 11.2. The molecule has 0 radical (unpaired) electrons. The fourth-order valence-corrected chi connectivity index (χ4v) is 4.39. The number of carbonyl (C=O) groups is 2. The zero-order valence-corrected chi connectivity index (χ0v) is 22.7. The van der Waals surface area contributed by atoms with Gasteiger partial charge >= 0.3 is 5.97 Å². The Hall–Kier alpha value is -3.85. The van der Waals surface area contributed by atoms with Crippen molar-refractivity contribution in [1.82, 2.24) is 16.1 Å². The summed E-state index contributed by atoms with van der Waals surface area (Å²) in [5.41, 5.74) is 4.37. The number of hydrazone groups is 1. The fraction of sp³-hybridized carbons (Fsp3) is 0.240. The number of thiocarbonyl (C=S) groups is 1. The number of carbonyl (C=O) groups excluding carboxylic acids is 2. The van der Waals surface area contributed by atoms with Crippen LogP contribution in [0, 0.1) is 11.3 Å². The molecule has 0 saturated carbocycles. The van der Waals surface area contributed by atoms with Gasteiger partial charge in [-0.25, -0.2) is 10.2 Å². The van der Waals surface area contributed by atoms with E-state index in [9.17, 15) is 9.59 Å². The number of amides is 1. The summed E-state index contributed by atoms with van der Waals surface area (Å²) in [6.45, 7) is 3.10. The van der Waals surface area contributed by atoms with Crippen LogP contribution in [0.15, 0.2) is 52.8 Å². The predicted octanol–water partition coefficient (Wildman–Crippen LogP) is 3.78. The summed E-state index contributed by atoms with van der Waals surface area (Å²) in [5.74, 6) is -0.476. The number of nitriles is 1. The van der Waals surface area contributed by atoms with Crippen molar-refractivity contribution in [1.29, 1.82) is 5.26 Å². The third-order valence-electron chi connectivity index (χ3n) is 5.06. The molecular formula is C25H23Cl2N5O5S. The van der Waals surface area contributed by atoms with Gasteiger partial charge in [-0.3, -0.25) is 4.79 Å². The van der Waals surface area contributed by atoms with E-state index in [-0.39, 0.29) is 35.6 Å². The molecule has 0 aliphatic carbocycles. The maximum atomic E-state index is 12.7. The van der Waals surface area contributed by atoms with Gasteiger partial charge in [-0.2, -0.15) is 10.4 Å². The van der Waals surface area contributed by atoms with Crippen LogP contribution in [-0.4, -0.2) is 43.0 Å². The van der Waals surface area contributed by atoms with Gasteiger partial charge in [0.2, 0.25) is 0 Å². The minimum atomic E-state index is -0.644. The minimum Gasteiger partial charge on any atom is -0.483 e. The van der Waals surface area contributed by atoms with Gasteiger partial charge in [0.15, 0.2) is 24.1 Å². The van der Waals surface area contributed by atoms with Crippen molar-refractivity contribution < 1.29 is 23.8 Å². The molecule has 13 heteroatoms. The Balaban J connectivity index is 1.68. The highest BCUT2D eigenvalue weighted by Gasteiger charge is 2.32. The second kappa shape index (κ2) is 13.6. The Morgan fingerprint density at radius 3 is 2.63 bits per heavy atom. The first kappa shape index (κ1) is 28.7. The van der Waals surface area contributed by atoms with E-state index >= 15 is 0 Å². The second-order valence-corrected chi connectivity index (χ2v) is 8.89. The molecule has 1 heterocycles. The first-order valence-electron chi connectivity index (χ1n) is 11.2. The monoisotopic (exact) mass is 575 g/mol. The van der Waals surface area contributed by atoms with Crippen LogP contribution in [0.3, 0.4) is 0 Å². The highest BCUT2D eigenvalue weighted by atomic mass is 35.5. The third-order valence-corrected chi connectivity index (χ3v) is 5.84. The number of hydrogen-bond acceptors (Lipinski definition) is 8. The van der Waals surface area contributed by atoms with Crippen molar-refractivity contribution in [2.24, 2.45) is 5.10 Å². The maximum Gasteiger partial charge on any atom is 0.338 e. The average molecular weight is 576 g/mol. The Kier molecular flexibility index (Phi) is 10.3. The molecule has 10 nitrogen and oxygen atoms in total. The normalized spacial score (nSPS) is 14.8. The molecule has 0 bridgehead atoms. The molecule has 3 N–H and O–H groups in total. The number of halogens is 2. The fourth-order valence-electron chi connectivity index (χ4n) is 3.51. The van der Waals surface area contributed by atoms with Gasteiger partial charge in [-0.15, -0.1) is 0 Å². The van der Waals surface area contributed by atoms with Crippen molar-refractivity contribution in [2.45, 2.75) is 19.9 Å². The van der Waals surface area contributed by atoms with Crippen LogP contribution in [0.25, 0.3) is 0 Å². The van der Waals surface area contributed by atoms with Gasteiger partial charge in [0, 0.05) is 11.3 Å². The van der Waals surface area contributed by atoms with Gasteiger partial charge in [-0.1, -0.05) is 41.4 Å². The van der Waals surface area contributed by atoms with Crippen LogP contribution >= 0.6 is 35.4 Å². The average Bonchev–Trinajstić information content (AvgIpc) is 2.87. The molecule has 0 spiro atoms. The molecule has 1 aliphatic rings. The molecule has 1 aliphatic heterocycles. The molecule has 1 amide bonds. The standard InChI is InChI=1S/C25H23Cl2N5O5S/c1-3-35-24(34)21-14(2)30-25(38)31-22(21)16-6-4-5-7-19(16)37-13-20(33)32-29-12-15-10-17(26)23(18(27)11-15)36-9-8-28/h4-7,10-12,22H,3,9,13H2,1-2H3,(H,32,33)(H2,30,31,38)/t22-/m0/s1. The molecule has 38 heavy (non-hydrogen) atoms. The lowest BCUT2D eigenvalue weighted by atomic mass is 9.95. The summed E-state index contributed by atoms with van der Waals surface area (Å²) in [4.78, 5) is 25.0. The maximum absolute atomic E-state index is 12.7. The van der Waals surface area contributed by atoms with Crippen molar-refractivity contribution in [3.8, 4) is 17.6 Å². The molecule has 2 aromatic carbocycles. The first-order valence-corrected chi connectivity index (χ1v) is 12.4. The smallest absolute Gasteiger partial charge is 0.338 e. The van der Waals surface area contributed by atoms with Crippen molar-refractivity contribution in [3.05, 3.63) is 68.8 Å². The van der Waals surface area contributed by atoms with E-state index in [0.29, 0.717) is 33.3 Å². The lowest BCUT2D eigenvalue weighted by molar-refractivity contribution is -0.139. The number of allylic oxidation sites excluding steroid dienone is 1. The van der Waals surface area contributed by atoms with Crippen LogP contribution < -0.4 is 25.5 Å². The molecule has 1 atom stereocenters. The number of benzene rings is 2. The summed E-state index contributed by atoms with van der Waals surface area (Å²) in [6.07, 6.45) is 1.34. The number of hydrogen-bond donors (Lipinski definition) is 3.